The van der Waals surface area contributed by atoms with Gasteiger partial charge in [-0.15, -0.1) is 12.4 Å². The monoisotopic (exact) mass is 436 g/mol. The maximum absolute atomic E-state index is 12.6. The predicted molar refractivity (Wildman–Crippen MR) is 116 cm³/mol. The number of hydrogen-bond donors (Lipinski definition) is 2. The summed E-state index contributed by atoms with van der Waals surface area (Å²) in [5, 5.41) is 7.92. The van der Waals surface area contributed by atoms with E-state index in [0.29, 0.717) is 30.2 Å². The molecule has 2 aromatic rings. The minimum atomic E-state index is -0.329. The van der Waals surface area contributed by atoms with E-state index in [0.717, 1.165) is 16.8 Å². The maximum atomic E-state index is 12.6. The standard InChI is InChI=1S/C20H21ClN4O3.ClH/c1-28-18(26)8-9-24-10-11-25(20(24)27)15-5-2-13(3-6-15)14-4-7-16(19(22)23)17(21)12-14;/h2-7,12H,8-11H2,1H3,(H3,22,23);1H. The Hall–Kier alpha value is -2.77. The van der Waals surface area contributed by atoms with Crippen molar-refractivity contribution in [2.45, 2.75) is 6.42 Å². The molecule has 2 aromatic carbocycles. The van der Waals surface area contributed by atoms with Crippen LogP contribution in [-0.2, 0) is 9.53 Å². The molecule has 1 fully saturated rings. The Labute approximate surface area is 180 Å². The Morgan fingerprint density at radius 1 is 1.17 bits per heavy atom. The van der Waals surface area contributed by atoms with E-state index in [2.05, 4.69) is 4.74 Å². The van der Waals surface area contributed by atoms with Gasteiger partial charge in [0.05, 0.1) is 18.6 Å². The number of methoxy groups -OCH3 is 1. The van der Waals surface area contributed by atoms with Gasteiger partial charge in [0.2, 0.25) is 0 Å². The van der Waals surface area contributed by atoms with Crippen LogP contribution in [0.25, 0.3) is 11.1 Å². The van der Waals surface area contributed by atoms with Crippen LogP contribution in [0.4, 0.5) is 10.5 Å². The van der Waals surface area contributed by atoms with Gasteiger partial charge in [0.15, 0.2) is 0 Å². The third-order valence-electron chi connectivity index (χ3n) is 4.68. The molecule has 1 saturated heterocycles. The topological polar surface area (TPSA) is 99.7 Å². The number of rotatable bonds is 6. The number of benzene rings is 2. The van der Waals surface area contributed by atoms with E-state index in [1.54, 1.807) is 21.9 Å². The zero-order chi connectivity index (χ0) is 20.3. The van der Waals surface area contributed by atoms with Crippen molar-refractivity contribution < 1.29 is 14.3 Å². The van der Waals surface area contributed by atoms with Crippen LogP contribution in [-0.4, -0.2) is 49.5 Å². The molecule has 3 rings (SSSR count). The van der Waals surface area contributed by atoms with Gasteiger partial charge in [-0.25, -0.2) is 4.79 Å². The summed E-state index contributed by atoms with van der Waals surface area (Å²) in [7, 11) is 1.34. The summed E-state index contributed by atoms with van der Waals surface area (Å²) in [6, 6.07) is 12.8. The number of esters is 1. The molecule has 3 N–H and O–H groups in total. The van der Waals surface area contributed by atoms with Gasteiger partial charge in [0, 0.05) is 30.9 Å². The molecular weight excluding hydrogens is 415 g/mol. The molecule has 2 amide bonds. The van der Waals surface area contributed by atoms with Crippen molar-refractivity contribution in [1.82, 2.24) is 4.90 Å². The van der Waals surface area contributed by atoms with E-state index in [9.17, 15) is 9.59 Å². The maximum Gasteiger partial charge on any atom is 0.324 e. The zero-order valence-electron chi connectivity index (χ0n) is 15.9. The van der Waals surface area contributed by atoms with Gasteiger partial charge in [0.1, 0.15) is 5.84 Å². The van der Waals surface area contributed by atoms with E-state index < -0.39 is 0 Å². The fourth-order valence-electron chi connectivity index (χ4n) is 3.10. The number of carbonyl (C=O) groups is 2. The third-order valence-corrected chi connectivity index (χ3v) is 4.99. The van der Waals surface area contributed by atoms with Crippen LogP contribution >= 0.6 is 24.0 Å². The third kappa shape index (κ3) is 4.99. The smallest absolute Gasteiger partial charge is 0.324 e. The van der Waals surface area contributed by atoms with E-state index in [-0.39, 0.29) is 36.7 Å². The van der Waals surface area contributed by atoms with E-state index in [1.807, 2.05) is 30.3 Å². The van der Waals surface area contributed by atoms with Gasteiger partial charge < -0.3 is 15.4 Å². The van der Waals surface area contributed by atoms with Gasteiger partial charge >= 0.3 is 12.0 Å². The molecule has 154 valence electrons. The van der Waals surface area contributed by atoms with E-state index >= 15 is 0 Å². The highest BCUT2D eigenvalue weighted by molar-refractivity contribution is 6.34. The number of anilines is 1. The molecule has 0 unspecified atom stereocenters. The van der Waals surface area contributed by atoms with Crippen molar-refractivity contribution in [3.8, 4) is 11.1 Å². The Balaban J connectivity index is 0.00000300. The van der Waals surface area contributed by atoms with Gasteiger partial charge in [-0.2, -0.15) is 0 Å². The molecule has 1 aliphatic rings. The number of amides is 2. The minimum Gasteiger partial charge on any atom is -0.469 e. The quantitative estimate of drug-likeness (QED) is 0.410. The lowest BCUT2D eigenvalue weighted by molar-refractivity contribution is -0.140. The van der Waals surface area contributed by atoms with Gasteiger partial charge in [-0.1, -0.05) is 29.8 Å². The van der Waals surface area contributed by atoms with E-state index in [4.69, 9.17) is 22.7 Å². The average molecular weight is 437 g/mol. The molecule has 29 heavy (non-hydrogen) atoms. The Morgan fingerprint density at radius 3 is 2.41 bits per heavy atom. The lowest BCUT2D eigenvalue weighted by atomic mass is 10.0. The second-order valence-electron chi connectivity index (χ2n) is 6.40. The molecule has 1 aliphatic heterocycles. The van der Waals surface area contributed by atoms with Crippen LogP contribution in [0.15, 0.2) is 42.5 Å². The number of nitrogens with one attached hydrogen (secondary N) is 1. The lowest BCUT2D eigenvalue weighted by Crippen LogP contribution is -2.33. The van der Waals surface area contributed by atoms with Crippen LogP contribution in [0.3, 0.4) is 0 Å². The number of amidine groups is 1. The number of halogens is 2. The number of carbonyl (C=O) groups excluding carboxylic acids is 2. The van der Waals surface area contributed by atoms with Crippen molar-refractivity contribution in [2.75, 3.05) is 31.6 Å². The van der Waals surface area contributed by atoms with Gasteiger partial charge in [-0.05, 0) is 35.4 Å². The second kappa shape index (κ2) is 9.62. The predicted octanol–water partition coefficient (Wildman–Crippen LogP) is 3.52. The van der Waals surface area contributed by atoms with Crippen molar-refractivity contribution in [2.24, 2.45) is 5.73 Å². The summed E-state index contributed by atoms with van der Waals surface area (Å²) in [6.45, 7) is 1.49. The number of ether oxygens (including phenoxy) is 1. The number of nitrogen functional groups attached to an aromatic ring is 1. The summed E-state index contributed by atoms with van der Waals surface area (Å²) in [6.07, 6.45) is 0.187. The largest absolute Gasteiger partial charge is 0.469 e. The second-order valence-corrected chi connectivity index (χ2v) is 6.81. The van der Waals surface area contributed by atoms with Crippen LogP contribution in [0.1, 0.15) is 12.0 Å². The number of hydrogen-bond acceptors (Lipinski definition) is 4. The van der Waals surface area contributed by atoms with Crippen molar-refractivity contribution >= 4 is 47.5 Å². The average Bonchev–Trinajstić information content (AvgIpc) is 3.06. The van der Waals surface area contributed by atoms with E-state index in [1.165, 1.54) is 7.11 Å². The summed E-state index contributed by atoms with van der Waals surface area (Å²) in [5.74, 6) is -0.402. The summed E-state index contributed by atoms with van der Waals surface area (Å²) >= 11 is 6.19. The molecule has 0 aliphatic carbocycles. The van der Waals surface area contributed by atoms with Gasteiger partial charge in [0.25, 0.3) is 0 Å². The lowest BCUT2D eigenvalue weighted by Gasteiger charge is -2.18. The van der Waals surface area contributed by atoms with Crippen molar-refractivity contribution in [3.63, 3.8) is 0 Å². The molecule has 0 bridgehead atoms. The minimum absolute atomic E-state index is 0. The zero-order valence-corrected chi connectivity index (χ0v) is 17.4. The first-order valence-corrected chi connectivity index (χ1v) is 9.16. The highest BCUT2D eigenvalue weighted by atomic mass is 35.5. The molecule has 7 nitrogen and oxygen atoms in total. The SMILES string of the molecule is COC(=O)CCN1CCN(c2ccc(-c3ccc(C(=N)N)c(Cl)c3)cc2)C1=O.Cl. The highest BCUT2D eigenvalue weighted by Crippen LogP contribution is 2.28. The molecule has 0 spiro atoms. The normalized spacial score (nSPS) is 13.2. The highest BCUT2D eigenvalue weighted by Gasteiger charge is 2.29. The molecule has 0 atom stereocenters. The summed E-state index contributed by atoms with van der Waals surface area (Å²) in [4.78, 5) is 27.2. The molecule has 0 aromatic heterocycles. The first-order valence-electron chi connectivity index (χ1n) is 8.78. The molecule has 9 heteroatoms. The summed E-state index contributed by atoms with van der Waals surface area (Å²) in [5.41, 5.74) is 8.62. The van der Waals surface area contributed by atoms with Crippen LogP contribution in [0.5, 0.6) is 0 Å². The van der Waals surface area contributed by atoms with Crippen LogP contribution in [0, 0.1) is 5.41 Å². The van der Waals surface area contributed by atoms with Crippen LogP contribution < -0.4 is 10.6 Å². The fourth-order valence-corrected chi connectivity index (χ4v) is 3.39. The molecule has 0 saturated carbocycles. The van der Waals surface area contributed by atoms with Gasteiger partial charge in [-0.3, -0.25) is 15.1 Å². The first kappa shape index (κ1) is 22.5. The number of nitrogens with zero attached hydrogens (tertiary/aromatic N) is 2. The Kier molecular flexibility index (Phi) is 7.47. The number of nitrogens with two attached hydrogens (primary N) is 1. The molecule has 1 heterocycles. The van der Waals surface area contributed by atoms with Crippen LogP contribution in [0.2, 0.25) is 5.02 Å². The van der Waals surface area contributed by atoms with Crippen molar-refractivity contribution in [3.05, 3.63) is 53.1 Å². The molecular formula is C20H22Cl2N4O3. The Morgan fingerprint density at radius 2 is 1.83 bits per heavy atom. The molecule has 0 radical (unpaired) electrons. The Bertz CT molecular complexity index is 918. The fraction of sp³-hybridized carbons (Fsp3) is 0.250. The van der Waals surface area contributed by atoms with Crippen molar-refractivity contribution in [1.29, 1.82) is 5.41 Å². The first-order chi connectivity index (χ1) is 13.4. The summed E-state index contributed by atoms with van der Waals surface area (Å²) < 4.78 is 4.62. The number of urea groups is 1.